The lowest BCUT2D eigenvalue weighted by atomic mass is 9.89. The molecule has 0 aliphatic carbocycles. The zero-order chi connectivity index (χ0) is 23.8. The monoisotopic (exact) mass is 456 g/mol. The molecule has 2 aliphatic rings. The number of pyridine rings is 1. The Balaban J connectivity index is 1.50. The van der Waals surface area contributed by atoms with Crippen LogP contribution in [0.4, 0.5) is 11.4 Å². The number of carbonyl (C=O) groups excluding carboxylic acids is 1. The third-order valence-corrected chi connectivity index (χ3v) is 7.25. The van der Waals surface area contributed by atoms with Crippen LogP contribution in [0.3, 0.4) is 0 Å². The van der Waals surface area contributed by atoms with Crippen LogP contribution in [-0.2, 0) is 11.8 Å². The van der Waals surface area contributed by atoms with Crippen molar-refractivity contribution in [3.05, 3.63) is 63.9 Å². The van der Waals surface area contributed by atoms with E-state index in [9.17, 15) is 14.9 Å². The average molecular weight is 457 g/mol. The van der Waals surface area contributed by atoms with E-state index in [-0.39, 0.29) is 17.0 Å². The first-order chi connectivity index (χ1) is 16.5. The summed E-state index contributed by atoms with van der Waals surface area (Å²) < 4.78 is 6.81. The van der Waals surface area contributed by atoms with Crippen LogP contribution in [0.25, 0.3) is 10.9 Å². The summed E-state index contributed by atoms with van der Waals surface area (Å²) in [5.74, 6) is 1.39. The molecular formula is C27H28N4O3. The summed E-state index contributed by atoms with van der Waals surface area (Å²) in [6, 6.07) is 16.2. The molecule has 34 heavy (non-hydrogen) atoms. The number of anilines is 2. The number of aryl methyl sites for hydroxylation is 1. The first kappa shape index (κ1) is 22.0. The minimum absolute atomic E-state index is 0.110. The molecule has 7 heteroatoms. The highest BCUT2D eigenvalue weighted by Crippen LogP contribution is 2.36. The van der Waals surface area contributed by atoms with Crippen molar-refractivity contribution in [1.29, 1.82) is 5.26 Å². The zero-order valence-corrected chi connectivity index (χ0v) is 19.6. The van der Waals surface area contributed by atoms with Gasteiger partial charge in [-0.15, -0.1) is 0 Å². The number of ether oxygens (including phenoxy) is 1. The Kier molecular flexibility index (Phi) is 5.74. The lowest BCUT2D eigenvalue weighted by Gasteiger charge is -2.35. The minimum atomic E-state index is -0.299. The van der Waals surface area contributed by atoms with Gasteiger partial charge in [-0.25, -0.2) is 0 Å². The molecule has 2 aliphatic heterocycles. The molecular weight excluding hydrogens is 428 g/mol. The Labute approximate surface area is 198 Å². The first-order valence-electron chi connectivity index (χ1n) is 11.8. The van der Waals surface area contributed by atoms with Gasteiger partial charge < -0.3 is 19.1 Å². The number of hydrogen-bond acceptors (Lipinski definition) is 5. The van der Waals surface area contributed by atoms with Crippen LogP contribution in [0, 0.1) is 11.3 Å². The summed E-state index contributed by atoms with van der Waals surface area (Å²) in [6.07, 6.45) is 3.28. The average Bonchev–Trinajstić information content (AvgIpc) is 3.31. The Morgan fingerprint density at radius 3 is 2.38 bits per heavy atom. The summed E-state index contributed by atoms with van der Waals surface area (Å²) in [5, 5.41) is 10.8. The Hall–Kier alpha value is -3.79. The van der Waals surface area contributed by atoms with Crippen molar-refractivity contribution in [3.63, 3.8) is 0 Å². The number of amides is 1. The molecule has 1 aromatic heterocycles. The molecule has 0 unspecified atom stereocenters. The normalized spacial score (nSPS) is 16.8. The topological polar surface area (TPSA) is 78.6 Å². The molecule has 1 amide bonds. The largest absolute Gasteiger partial charge is 0.497 e. The van der Waals surface area contributed by atoms with E-state index in [0.717, 1.165) is 54.7 Å². The molecule has 5 rings (SSSR count). The number of methoxy groups -OCH3 is 1. The van der Waals surface area contributed by atoms with Gasteiger partial charge >= 0.3 is 0 Å². The van der Waals surface area contributed by atoms with E-state index < -0.39 is 0 Å². The number of carbonyl (C=O) groups is 1. The van der Waals surface area contributed by atoms with Crippen LogP contribution in [0.2, 0.25) is 0 Å². The number of hydrogen-bond donors (Lipinski definition) is 0. The highest BCUT2D eigenvalue weighted by Gasteiger charge is 2.27. The van der Waals surface area contributed by atoms with Crippen molar-refractivity contribution in [2.24, 2.45) is 7.05 Å². The van der Waals surface area contributed by atoms with Crippen molar-refractivity contribution in [2.75, 3.05) is 36.5 Å². The van der Waals surface area contributed by atoms with Gasteiger partial charge in [-0.05, 0) is 61.1 Å². The Morgan fingerprint density at radius 1 is 1.03 bits per heavy atom. The first-order valence-corrected chi connectivity index (χ1v) is 11.8. The van der Waals surface area contributed by atoms with Gasteiger partial charge in [-0.2, -0.15) is 5.26 Å². The highest BCUT2D eigenvalue weighted by atomic mass is 16.5. The maximum absolute atomic E-state index is 13.1. The zero-order valence-electron chi connectivity index (χ0n) is 19.6. The molecule has 3 heterocycles. The predicted octanol–water partition coefficient (Wildman–Crippen LogP) is 3.93. The number of fused-ring (bicyclic) bond motifs is 1. The van der Waals surface area contributed by atoms with Gasteiger partial charge in [0.1, 0.15) is 17.4 Å². The maximum Gasteiger partial charge on any atom is 0.270 e. The molecule has 0 N–H and O–H groups in total. The molecule has 0 saturated carbocycles. The molecule has 2 aromatic carbocycles. The van der Waals surface area contributed by atoms with Gasteiger partial charge in [0, 0.05) is 44.2 Å². The number of piperidine rings is 1. The molecule has 7 nitrogen and oxygen atoms in total. The fourth-order valence-electron chi connectivity index (χ4n) is 5.34. The minimum Gasteiger partial charge on any atom is -0.497 e. The van der Waals surface area contributed by atoms with E-state index in [4.69, 9.17) is 4.74 Å². The van der Waals surface area contributed by atoms with Crippen molar-refractivity contribution in [2.45, 2.75) is 31.6 Å². The van der Waals surface area contributed by atoms with E-state index in [2.05, 4.69) is 23.1 Å². The Morgan fingerprint density at radius 2 is 1.76 bits per heavy atom. The number of aromatic nitrogens is 1. The number of nitrogens with zero attached hydrogens (tertiary/aromatic N) is 4. The van der Waals surface area contributed by atoms with Crippen molar-refractivity contribution in [1.82, 2.24) is 4.57 Å². The van der Waals surface area contributed by atoms with E-state index >= 15 is 0 Å². The molecule has 0 atom stereocenters. The second kappa shape index (κ2) is 8.86. The van der Waals surface area contributed by atoms with Crippen LogP contribution >= 0.6 is 0 Å². The summed E-state index contributed by atoms with van der Waals surface area (Å²) in [5.41, 5.74) is 3.44. The van der Waals surface area contributed by atoms with Crippen LogP contribution in [0.5, 0.6) is 5.75 Å². The summed E-state index contributed by atoms with van der Waals surface area (Å²) in [7, 11) is 3.36. The second-order valence-electron chi connectivity index (χ2n) is 9.08. The smallest absolute Gasteiger partial charge is 0.270 e. The van der Waals surface area contributed by atoms with Gasteiger partial charge in [-0.3, -0.25) is 9.59 Å². The van der Waals surface area contributed by atoms with Crippen molar-refractivity contribution in [3.8, 4) is 11.8 Å². The quantitative estimate of drug-likeness (QED) is 0.594. The van der Waals surface area contributed by atoms with Crippen LogP contribution in [0.15, 0.2) is 47.3 Å². The van der Waals surface area contributed by atoms with Crippen LogP contribution < -0.4 is 20.1 Å². The predicted molar refractivity (Wildman–Crippen MR) is 133 cm³/mol. The van der Waals surface area contributed by atoms with Gasteiger partial charge in [0.25, 0.3) is 5.56 Å². The standard InChI is InChI=1S/C27H28N4O3/c1-29-24-16-20(31-13-3-4-25(31)32)7-10-22(24)26(23(17-28)27(29)33)30-14-11-19(12-15-30)18-5-8-21(34-2)9-6-18/h5-10,16,19H,3-4,11-15H2,1-2H3. The SMILES string of the molecule is COc1ccc(C2CCN(c3c(C#N)c(=O)n(C)c4cc(N5CCCC5=O)ccc34)CC2)cc1. The second-order valence-corrected chi connectivity index (χ2v) is 9.08. The van der Waals surface area contributed by atoms with Crippen molar-refractivity contribution < 1.29 is 9.53 Å². The molecule has 2 fully saturated rings. The number of rotatable bonds is 4. The van der Waals surface area contributed by atoms with Gasteiger partial charge in [0.05, 0.1) is 18.3 Å². The third kappa shape index (κ3) is 3.69. The van der Waals surface area contributed by atoms with Crippen LogP contribution in [-0.4, -0.2) is 37.2 Å². The number of nitriles is 1. The van der Waals surface area contributed by atoms with Gasteiger partial charge in [0.2, 0.25) is 5.91 Å². The Bertz CT molecular complexity index is 1350. The fourth-order valence-corrected chi connectivity index (χ4v) is 5.34. The summed E-state index contributed by atoms with van der Waals surface area (Å²) >= 11 is 0. The van der Waals surface area contributed by atoms with E-state index in [1.807, 2.05) is 30.3 Å². The van der Waals surface area contributed by atoms with Gasteiger partial charge in [0.15, 0.2) is 0 Å². The van der Waals surface area contributed by atoms with Gasteiger partial charge in [-0.1, -0.05) is 12.1 Å². The maximum atomic E-state index is 13.1. The van der Waals surface area contributed by atoms with E-state index in [1.165, 1.54) is 10.1 Å². The summed E-state index contributed by atoms with van der Waals surface area (Å²) in [6.45, 7) is 2.22. The molecule has 0 spiro atoms. The molecule has 3 aromatic rings. The molecule has 0 radical (unpaired) electrons. The molecule has 0 bridgehead atoms. The van der Waals surface area contributed by atoms with E-state index in [0.29, 0.717) is 24.6 Å². The lowest BCUT2D eigenvalue weighted by Crippen LogP contribution is -2.35. The summed E-state index contributed by atoms with van der Waals surface area (Å²) in [4.78, 5) is 29.4. The lowest BCUT2D eigenvalue weighted by molar-refractivity contribution is -0.117. The fraction of sp³-hybridized carbons (Fsp3) is 0.370. The van der Waals surface area contributed by atoms with Crippen LogP contribution in [0.1, 0.15) is 42.7 Å². The van der Waals surface area contributed by atoms with Crippen molar-refractivity contribution >= 4 is 28.2 Å². The molecule has 2 saturated heterocycles. The molecule has 174 valence electrons. The van der Waals surface area contributed by atoms with E-state index in [1.54, 1.807) is 19.1 Å². The number of benzene rings is 2. The highest BCUT2D eigenvalue weighted by molar-refractivity contribution is 6.00. The third-order valence-electron chi connectivity index (χ3n) is 7.25.